The van der Waals surface area contributed by atoms with Crippen molar-refractivity contribution in [1.82, 2.24) is 5.32 Å². The van der Waals surface area contributed by atoms with Gasteiger partial charge in [-0.2, -0.15) is 0 Å². The van der Waals surface area contributed by atoms with Crippen LogP contribution in [-0.2, 0) is 10.3 Å². The molecule has 0 saturated carbocycles. The molecule has 1 aliphatic carbocycles. The topological polar surface area (TPSA) is 38.3 Å². The van der Waals surface area contributed by atoms with Gasteiger partial charge in [0.25, 0.3) is 0 Å². The molecule has 1 spiro atoms. The van der Waals surface area contributed by atoms with Crippen molar-refractivity contribution in [1.29, 1.82) is 0 Å². The van der Waals surface area contributed by atoms with Gasteiger partial charge >= 0.3 is 6.09 Å². The SMILES string of the molecule is O=C1N[C@]2(CO1)C(c1ccccc1)=C(c1ccccc1)c1cc(Cl)ccc12. The minimum Gasteiger partial charge on any atom is -0.446 e. The lowest BCUT2D eigenvalue weighted by Gasteiger charge is -2.27. The predicted molar refractivity (Wildman–Crippen MR) is 106 cm³/mol. The van der Waals surface area contributed by atoms with Crippen LogP contribution in [-0.4, -0.2) is 12.7 Å². The molecule has 1 heterocycles. The van der Waals surface area contributed by atoms with E-state index in [1.54, 1.807) is 0 Å². The maximum absolute atomic E-state index is 12.1. The van der Waals surface area contributed by atoms with E-state index < -0.39 is 11.6 Å². The minimum atomic E-state index is -0.719. The maximum atomic E-state index is 12.1. The largest absolute Gasteiger partial charge is 0.446 e. The molecule has 27 heavy (non-hydrogen) atoms. The van der Waals surface area contributed by atoms with Crippen molar-refractivity contribution >= 4 is 28.8 Å². The molecule has 1 atom stereocenters. The van der Waals surface area contributed by atoms with Crippen LogP contribution in [0.15, 0.2) is 78.9 Å². The Hall–Kier alpha value is -3.04. The van der Waals surface area contributed by atoms with Crippen LogP contribution in [0.1, 0.15) is 22.3 Å². The molecule has 132 valence electrons. The molecular formula is C23H16ClNO2. The van der Waals surface area contributed by atoms with E-state index >= 15 is 0 Å². The second-order valence-corrected chi connectivity index (χ2v) is 7.21. The van der Waals surface area contributed by atoms with Crippen LogP contribution in [0.5, 0.6) is 0 Å². The minimum absolute atomic E-state index is 0.251. The number of halogens is 1. The summed E-state index contributed by atoms with van der Waals surface area (Å²) in [5.41, 5.74) is 5.56. The molecular weight excluding hydrogens is 358 g/mol. The van der Waals surface area contributed by atoms with E-state index in [0.29, 0.717) is 5.02 Å². The molecule has 0 bridgehead atoms. The molecule has 1 fully saturated rings. The highest BCUT2D eigenvalue weighted by molar-refractivity contribution is 6.31. The molecule has 3 aromatic rings. The van der Waals surface area contributed by atoms with Gasteiger partial charge in [-0.3, -0.25) is 0 Å². The van der Waals surface area contributed by atoms with Gasteiger partial charge in [0.15, 0.2) is 0 Å². The number of benzene rings is 3. The summed E-state index contributed by atoms with van der Waals surface area (Å²) in [7, 11) is 0. The van der Waals surface area contributed by atoms with Gasteiger partial charge in [-0.05, 0) is 40.0 Å². The summed E-state index contributed by atoms with van der Waals surface area (Å²) in [4.78, 5) is 12.1. The fourth-order valence-corrected chi connectivity index (χ4v) is 4.35. The zero-order valence-electron chi connectivity index (χ0n) is 14.4. The Balaban J connectivity index is 1.90. The number of carbonyl (C=O) groups excluding carboxylic acids is 1. The third-order valence-electron chi connectivity index (χ3n) is 5.25. The van der Waals surface area contributed by atoms with Gasteiger partial charge in [0, 0.05) is 10.6 Å². The molecule has 5 rings (SSSR count). The highest BCUT2D eigenvalue weighted by Crippen LogP contribution is 2.53. The van der Waals surface area contributed by atoms with Crippen molar-refractivity contribution in [2.45, 2.75) is 5.54 Å². The zero-order chi connectivity index (χ0) is 18.4. The number of hydrogen-bond donors (Lipinski definition) is 1. The van der Waals surface area contributed by atoms with Crippen LogP contribution in [0.2, 0.25) is 5.02 Å². The first-order chi connectivity index (χ1) is 13.2. The lowest BCUT2D eigenvalue weighted by molar-refractivity contribution is 0.175. The fraction of sp³-hybridized carbons (Fsp3) is 0.0870. The van der Waals surface area contributed by atoms with Crippen molar-refractivity contribution < 1.29 is 9.53 Å². The monoisotopic (exact) mass is 373 g/mol. The van der Waals surface area contributed by atoms with Gasteiger partial charge in [0.05, 0.1) is 0 Å². The zero-order valence-corrected chi connectivity index (χ0v) is 15.2. The number of rotatable bonds is 2. The molecule has 0 aromatic heterocycles. The molecule has 2 aliphatic rings. The molecule has 4 heteroatoms. The lowest BCUT2D eigenvalue weighted by Crippen LogP contribution is -2.40. The predicted octanol–water partition coefficient (Wildman–Crippen LogP) is 5.25. The fourth-order valence-electron chi connectivity index (χ4n) is 4.18. The smallest absolute Gasteiger partial charge is 0.408 e. The number of nitrogens with one attached hydrogen (secondary N) is 1. The van der Waals surface area contributed by atoms with Gasteiger partial charge in [0.2, 0.25) is 0 Å². The lowest BCUT2D eigenvalue weighted by atomic mass is 9.83. The maximum Gasteiger partial charge on any atom is 0.408 e. The van der Waals surface area contributed by atoms with Crippen LogP contribution < -0.4 is 5.32 Å². The normalized spacial score (nSPS) is 20.6. The van der Waals surface area contributed by atoms with Crippen molar-refractivity contribution in [2.75, 3.05) is 6.61 Å². The summed E-state index contributed by atoms with van der Waals surface area (Å²) in [6, 6.07) is 26.2. The molecule has 0 radical (unpaired) electrons. The van der Waals surface area contributed by atoms with Gasteiger partial charge in [-0.15, -0.1) is 0 Å². The van der Waals surface area contributed by atoms with Crippen LogP contribution >= 0.6 is 11.6 Å². The van der Waals surface area contributed by atoms with Crippen molar-refractivity contribution in [3.05, 3.63) is 106 Å². The van der Waals surface area contributed by atoms with Crippen molar-refractivity contribution in [3.8, 4) is 0 Å². The van der Waals surface area contributed by atoms with E-state index in [4.69, 9.17) is 16.3 Å². The first-order valence-corrected chi connectivity index (χ1v) is 9.18. The third-order valence-corrected chi connectivity index (χ3v) is 5.48. The Morgan fingerprint density at radius 3 is 2.19 bits per heavy atom. The summed E-state index contributed by atoms with van der Waals surface area (Å²) in [5.74, 6) is 0. The van der Waals surface area contributed by atoms with Crippen molar-refractivity contribution in [2.24, 2.45) is 0 Å². The Morgan fingerprint density at radius 1 is 0.889 bits per heavy atom. The first kappa shape index (κ1) is 16.2. The highest BCUT2D eigenvalue weighted by Gasteiger charge is 2.51. The van der Waals surface area contributed by atoms with E-state index in [-0.39, 0.29) is 6.61 Å². The van der Waals surface area contributed by atoms with Gasteiger partial charge < -0.3 is 10.1 Å². The van der Waals surface area contributed by atoms with Crippen LogP contribution in [0, 0.1) is 0 Å². The third kappa shape index (κ3) is 2.39. The van der Waals surface area contributed by atoms with E-state index in [1.807, 2.05) is 54.6 Å². The molecule has 1 N–H and O–H groups in total. The van der Waals surface area contributed by atoms with E-state index in [0.717, 1.165) is 33.4 Å². The number of ether oxygens (including phenoxy) is 1. The Labute approximate surface area is 162 Å². The summed E-state index contributed by atoms with van der Waals surface area (Å²) < 4.78 is 5.40. The number of fused-ring (bicyclic) bond motifs is 2. The van der Waals surface area contributed by atoms with Crippen LogP contribution in [0.25, 0.3) is 11.1 Å². The first-order valence-electron chi connectivity index (χ1n) is 8.80. The van der Waals surface area contributed by atoms with E-state index in [9.17, 15) is 4.79 Å². The van der Waals surface area contributed by atoms with Gasteiger partial charge in [-0.1, -0.05) is 78.3 Å². The number of cyclic esters (lactones) is 1. The summed E-state index contributed by atoms with van der Waals surface area (Å²) in [6.07, 6.45) is -0.404. The molecule has 3 aromatic carbocycles. The summed E-state index contributed by atoms with van der Waals surface area (Å²) >= 11 is 6.35. The Kier molecular flexibility index (Phi) is 3.59. The van der Waals surface area contributed by atoms with Crippen LogP contribution in [0.3, 0.4) is 0 Å². The van der Waals surface area contributed by atoms with Gasteiger partial charge in [0.1, 0.15) is 12.1 Å². The number of amides is 1. The molecule has 1 saturated heterocycles. The molecule has 3 nitrogen and oxygen atoms in total. The Bertz CT molecular complexity index is 1080. The molecule has 0 unspecified atom stereocenters. The number of hydrogen-bond acceptors (Lipinski definition) is 2. The quantitative estimate of drug-likeness (QED) is 0.666. The number of alkyl carbamates (subject to hydrolysis) is 1. The van der Waals surface area contributed by atoms with Gasteiger partial charge in [-0.25, -0.2) is 4.79 Å². The average molecular weight is 374 g/mol. The second-order valence-electron chi connectivity index (χ2n) is 6.78. The standard InChI is InChI=1S/C23H16ClNO2/c24-17-11-12-19-18(13-17)20(15-7-3-1-4-8-15)21(16-9-5-2-6-10-16)23(19)14-27-22(26)25-23/h1-13H,14H2,(H,25,26)/t23-/m0/s1. The average Bonchev–Trinajstić information content (AvgIpc) is 3.21. The molecule has 1 amide bonds. The number of carbonyl (C=O) groups is 1. The van der Waals surface area contributed by atoms with E-state index in [2.05, 4.69) is 29.6 Å². The highest BCUT2D eigenvalue weighted by atomic mass is 35.5. The summed E-state index contributed by atoms with van der Waals surface area (Å²) in [5, 5.41) is 3.75. The second kappa shape index (κ2) is 6.00. The summed E-state index contributed by atoms with van der Waals surface area (Å²) in [6.45, 7) is 0.251. The van der Waals surface area contributed by atoms with Crippen molar-refractivity contribution in [3.63, 3.8) is 0 Å². The van der Waals surface area contributed by atoms with E-state index in [1.165, 1.54) is 0 Å². The Morgan fingerprint density at radius 2 is 1.56 bits per heavy atom. The van der Waals surface area contributed by atoms with Crippen LogP contribution in [0.4, 0.5) is 4.79 Å². The molecule has 1 aliphatic heterocycles.